The second-order valence-electron chi connectivity index (χ2n) is 2.22. The van der Waals surface area contributed by atoms with E-state index < -0.39 is 0 Å². The summed E-state index contributed by atoms with van der Waals surface area (Å²) in [5, 5.41) is 20.0. The largest absolute Gasteiger partial charge is 0.282 e. The van der Waals surface area contributed by atoms with E-state index in [2.05, 4.69) is 44.2 Å². The van der Waals surface area contributed by atoms with Crippen molar-refractivity contribution in [2.24, 2.45) is 5.10 Å². The molecule has 0 aromatic carbocycles. The first-order chi connectivity index (χ1) is 6.42. The van der Waals surface area contributed by atoms with Gasteiger partial charge in [0.15, 0.2) is 0 Å². The van der Waals surface area contributed by atoms with Crippen LogP contribution in [0.3, 0.4) is 0 Å². The van der Waals surface area contributed by atoms with Crippen LogP contribution in [-0.4, -0.2) is 38.5 Å². The number of hydrogen-bond donors (Lipinski definition) is 2. The second kappa shape index (κ2) is 3.09. The average molecular weight is 179 g/mol. The number of hydrazine groups is 2. The van der Waals surface area contributed by atoms with Crippen molar-refractivity contribution in [1.82, 2.24) is 31.2 Å². The standard InChI is InChI=1S/C5H7N8/c1-2-3-12-4-6-11-13(12)5-7-9-10-8-5/h2,11H,1,3H2,(H,7,8,9,10). The fourth-order valence-corrected chi connectivity index (χ4v) is 0.876. The van der Waals surface area contributed by atoms with Crippen molar-refractivity contribution >= 4 is 12.3 Å². The number of tetrazole rings is 1. The Morgan fingerprint density at radius 1 is 1.62 bits per heavy atom. The number of aromatic amines is 1. The molecule has 2 N–H and O–H groups in total. The van der Waals surface area contributed by atoms with Gasteiger partial charge in [0.1, 0.15) is 0 Å². The van der Waals surface area contributed by atoms with Gasteiger partial charge >= 0.3 is 0 Å². The highest BCUT2D eigenvalue weighted by Crippen LogP contribution is 2.06. The van der Waals surface area contributed by atoms with Crippen molar-refractivity contribution in [2.45, 2.75) is 0 Å². The molecule has 8 nitrogen and oxygen atoms in total. The fraction of sp³-hybridized carbons (Fsp3) is 0.200. The van der Waals surface area contributed by atoms with Gasteiger partial charge in [0.2, 0.25) is 6.34 Å². The monoisotopic (exact) mass is 179 g/mol. The van der Waals surface area contributed by atoms with Crippen LogP contribution in [0.25, 0.3) is 0 Å². The summed E-state index contributed by atoms with van der Waals surface area (Å²) in [7, 11) is 0. The van der Waals surface area contributed by atoms with Gasteiger partial charge < -0.3 is 0 Å². The van der Waals surface area contributed by atoms with E-state index in [-0.39, 0.29) is 0 Å². The number of aromatic nitrogens is 4. The molecule has 0 spiro atoms. The van der Waals surface area contributed by atoms with Gasteiger partial charge in [-0.15, -0.1) is 16.8 Å². The van der Waals surface area contributed by atoms with Gasteiger partial charge in [-0.1, -0.05) is 11.2 Å². The normalized spacial score (nSPS) is 14.8. The van der Waals surface area contributed by atoms with Crippen molar-refractivity contribution in [3.05, 3.63) is 12.7 Å². The van der Waals surface area contributed by atoms with Gasteiger partial charge in [0.05, 0.1) is 6.54 Å². The molecule has 1 aromatic heterocycles. The molecule has 1 aromatic rings. The first-order valence-corrected chi connectivity index (χ1v) is 3.55. The van der Waals surface area contributed by atoms with Crippen molar-refractivity contribution in [3.8, 4) is 0 Å². The lowest BCUT2D eigenvalue weighted by Crippen LogP contribution is -2.43. The summed E-state index contributed by atoms with van der Waals surface area (Å²) >= 11 is 0. The minimum atomic E-state index is 0.440. The molecule has 1 aliphatic rings. The van der Waals surface area contributed by atoms with Gasteiger partial charge in [0.25, 0.3) is 5.95 Å². The molecule has 1 aliphatic heterocycles. The van der Waals surface area contributed by atoms with Crippen molar-refractivity contribution < 1.29 is 0 Å². The van der Waals surface area contributed by atoms with Crippen LogP contribution in [0, 0.1) is 0 Å². The molecule has 67 valence electrons. The Balaban J connectivity index is 2.12. The second-order valence-corrected chi connectivity index (χ2v) is 2.22. The van der Waals surface area contributed by atoms with Crippen LogP contribution < -0.4 is 10.7 Å². The van der Waals surface area contributed by atoms with Crippen LogP contribution in [0.2, 0.25) is 0 Å². The number of hydrogen-bond acceptors (Lipinski definition) is 7. The molecule has 0 aliphatic carbocycles. The third-order valence-corrected chi connectivity index (χ3v) is 1.39. The molecule has 0 unspecified atom stereocenters. The molecule has 0 saturated heterocycles. The van der Waals surface area contributed by atoms with E-state index in [0.29, 0.717) is 12.5 Å². The number of nitrogens with zero attached hydrogens (tertiary/aromatic N) is 6. The van der Waals surface area contributed by atoms with Gasteiger partial charge in [-0.05, 0) is 10.4 Å². The van der Waals surface area contributed by atoms with E-state index >= 15 is 0 Å². The summed E-state index contributed by atoms with van der Waals surface area (Å²) < 4.78 is 0. The highest BCUT2D eigenvalue weighted by Gasteiger charge is 2.20. The molecule has 0 fully saturated rings. The summed E-state index contributed by atoms with van der Waals surface area (Å²) in [4.78, 5) is 0. The number of nitrogens with one attached hydrogen (secondary N) is 2. The summed E-state index contributed by atoms with van der Waals surface area (Å²) in [6.45, 7) is 4.17. The number of H-pyrrole nitrogens is 1. The van der Waals surface area contributed by atoms with Crippen LogP contribution in [0.4, 0.5) is 5.95 Å². The van der Waals surface area contributed by atoms with E-state index in [1.54, 1.807) is 11.1 Å². The predicted molar refractivity (Wildman–Crippen MR) is 44.1 cm³/mol. The Bertz CT molecular complexity index is 302. The van der Waals surface area contributed by atoms with Crippen molar-refractivity contribution in [2.75, 3.05) is 11.7 Å². The van der Waals surface area contributed by atoms with Gasteiger partial charge in [0, 0.05) is 0 Å². The molecular weight excluding hydrogens is 172 g/mol. The molecule has 0 saturated carbocycles. The van der Waals surface area contributed by atoms with E-state index in [1.807, 2.05) is 0 Å². The summed E-state index contributed by atoms with van der Waals surface area (Å²) in [6.07, 6.45) is 4.40. The minimum Gasteiger partial charge on any atom is -0.236 e. The molecule has 0 amide bonds. The van der Waals surface area contributed by atoms with Gasteiger partial charge in [-0.2, -0.15) is 5.53 Å². The molecule has 0 atom stereocenters. The zero-order valence-electron chi connectivity index (χ0n) is 6.67. The maximum Gasteiger partial charge on any atom is 0.282 e. The quantitative estimate of drug-likeness (QED) is 0.564. The predicted octanol–water partition coefficient (Wildman–Crippen LogP) is -1.25. The zero-order valence-corrected chi connectivity index (χ0v) is 6.67. The molecule has 13 heavy (non-hydrogen) atoms. The smallest absolute Gasteiger partial charge is 0.236 e. The Morgan fingerprint density at radius 3 is 3.23 bits per heavy atom. The lowest BCUT2D eigenvalue weighted by atomic mass is 10.6. The minimum absolute atomic E-state index is 0.440. The molecule has 8 heteroatoms. The van der Waals surface area contributed by atoms with E-state index in [0.717, 1.165) is 0 Å². The fourth-order valence-electron chi connectivity index (χ4n) is 0.876. The third-order valence-electron chi connectivity index (χ3n) is 1.39. The Morgan fingerprint density at radius 2 is 2.54 bits per heavy atom. The summed E-state index contributed by atoms with van der Waals surface area (Å²) in [6, 6.07) is 0. The highest BCUT2D eigenvalue weighted by atomic mass is 15.9. The van der Waals surface area contributed by atoms with Crippen LogP contribution in [0.5, 0.6) is 0 Å². The van der Waals surface area contributed by atoms with Gasteiger partial charge in [-0.25, -0.2) is 10.1 Å². The van der Waals surface area contributed by atoms with Crippen molar-refractivity contribution in [3.63, 3.8) is 0 Å². The summed E-state index contributed by atoms with van der Waals surface area (Å²) in [5.74, 6) is 0.440. The summed E-state index contributed by atoms with van der Waals surface area (Å²) in [5.41, 5.74) is 2.65. The molecular formula is C5H7N8. The number of rotatable bonds is 3. The SMILES string of the molecule is C=CCN1[C]=NNN1c1nnn[nH]1. The molecule has 2 rings (SSSR count). The highest BCUT2D eigenvalue weighted by molar-refractivity contribution is 5.60. The zero-order chi connectivity index (χ0) is 9.10. The topological polar surface area (TPSA) is 85.3 Å². The van der Waals surface area contributed by atoms with E-state index in [4.69, 9.17) is 0 Å². The van der Waals surface area contributed by atoms with Crippen molar-refractivity contribution in [1.29, 1.82) is 0 Å². The lowest BCUT2D eigenvalue weighted by Gasteiger charge is -2.22. The van der Waals surface area contributed by atoms with Crippen LogP contribution >= 0.6 is 0 Å². The first kappa shape index (κ1) is 7.53. The molecule has 0 bridgehead atoms. The van der Waals surface area contributed by atoms with Crippen LogP contribution in [-0.2, 0) is 0 Å². The first-order valence-electron chi connectivity index (χ1n) is 3.55. The van der Waals surface area contributed by atoms with E-state index in [1.165, 1.54) is 5.12 Å². The van der Waals surface area contributed by atoms with E-state index in [9.17, 15) is 0 Å². The number of anilines is 1. The maximum atomic E-state index is 3.71. The van der Waals surface area contributed by atoms with Gasteiger partial charge in [-0.3, -0.25) is 0 Å². The Labute approximate surface area is 73.8 Å². The maximum absolute atomic E-state index is 3.71. The molecule has 2 heterocycles. The van der Waals surface area contributed by atoms with Crippen LogP contribution in [0.1, 0.15) is 0 Å². The Hall–Kier alpha value is -2.12. The number of hydrazone groups is 1. The lowest BCUT2D eigenvalue weighted by molar-refractivity contribution is 0.407. The van der Waals surface area contributed by atoms with Crippen LogP contribution in [0.15, 0.2) is 17.8 Å². The third kappa shape index (κ3) is 1.28. The molecule has 1 radical (unpaired) electrons. The average Bonchev–Trinajstić information content (AvgIpc) is 2.71. The Kier molecular flexibility index (Phi) is 1.79.